The average molecular weight is 406 g/mol. The minimum Gasteiger partial charge on any atom is -0.307 e. The molecule has 0 saturated heterocycles. The number of rotatable bonds is 4. The third-order valence-electron chi connectivity index (χ3n) is 4.69. The Morgan fingerprint density at radius 2 is 1.93 bits per heavy atom. The van der Waals surface area contributed by atoms with E-state index in [4.69, 9.17) is 16.6 Å². The number of nitrogens with one attached hydrogen (secondary N) is 1. The van der Waals surface area contributed by atoms with E-state index in [1.165, 1.54) is 6.20 Å². The highest BCUT2D eigenvalue weighted by Gasteiger charge is 2.19. The summed E-state index contributed by atoms with van der Waals surface area (Å²) in [5.41, 5.74) is 3.96. The first-order valence-electron chi connectivity index (χ1n) is 9.31. The Bertz CT molecular complexity index is 1200. The summed E-state index contributed by atoms with van der Waals surface area (Å²) in [4.78, 5) is 22.1. The summed E-state index contributed by atoms with van der Waals surface area (Å²) in [5, 5.41) is 8.50. The fraction of sp³-hybridized carbons (Fsp3) is 0.182. The highest BCUT2D eigenvalue weighted by Crippen LogP contribution is 2.28. The highest BCUT2D eigenvalue weighted by molar-refractivity contribution is 6.30. The van der Waals surface area contributed by atoms with Crippen molar-refractivity contribution < 1.29 is 4.79 Å². The molecule has 29 heavy (non-hydrogen) atoms. The Morgan fingerprint density at radius 3 is 2.62 bits per heavy atom. The first-order chi connectivity index (χ1) is 13.9. The lowest BCUT2D eigenvalue weighted by Gasteiger charge is -2.12. The Balaban J connectivity index is 1.86. The predicted octanol–water partition coefficient (Wildman–Crippen LogP) is 5.29. The summed E-state index contributed by atoms with van der Waals surface area (Å²) < 4.78 is 1.83. The van der Waals surface area contributed by atoms with Crippen LogP contribution in [0.3, 0.4) is 0 Å². The van der Waals surface area contributed by atoms with Crippen LogP contribution >= 0.6 is 11.6 Å². The van der Waals surface area contributed by atoms with Crippen molar-refractivity contribution in [1.82, 2.24) is 19.7 Å². The maximum absolute atomic E-state index is 13.1. The maximum Gasteiger partial charge on any atom is 0.257 e. The summed E-state index contributed by atoms with van der Waals surface area (Å²) in [6.45, 7) is 6.09. The second kappa shape index (κ2) is 7.64. The van der Waals surface area contributed by atoms with Crippen LogP contribution in [0.5, 0.6) is 0 Å². The Labute approximate surface area is 173 Å². The van der Waals surface area contributed by atoms with E-state index in [0.29, 0.717) is 27.4 Å². The van der Waals surface area contributed by atoms with Gasteiger partial charge in [-0.1, -0.05) is 35.9 Å². The molecule has 1 aromatic carbocycles. The fourth-order valence-corrected chi connectivity index (χ4v) is 3.33. The van der Waals surface area contributed by atoms with Crippen LogP contribution in [0.1, 0.15) is 35.8 Å². The minimum atomic E-state index is -0.273. The molecule has 0 spiro atoms. The molecule has 6 nitrogen and oxygen atoms in total. The van der Waals surface area contributed by atoms with E-state index in [-0.39, 0.29) is 11.9 Å². The van der Waals surface area contributed by atoms with Gasteiger partial charge in [-0.15, -0.1) is 0 Å². The van der Waals surface area contributed by atoms with Crippen molar-refractivity contribution in [3.63, 3.8) is 0 Å². The lowest BCUT2D eigenvalue weighted by atomic mass is 10.0. The standard InChI is InChI=1S/C22H20ClN5O/c1-13(2)28-21-18(12-25-28)17(22(29)27-20-9-8-15(23)11-24-20)10-19(26-21)16-7-5-4-6-14(16)3/h4-13H,1-3H3,(H,24,27,29). The van der Waals surface area contributed by atoms with Crippen molar-refractivity contribution >= 4 is 34.4 Å². The van der Waals surface area contributed by atoms with Gasteiger partial charge in [0, 0.05) is 17.8 Å². The summed E-state index contributed by atoms with van der Waals surface area (Å²) >= 11 is 5.88. The number of anilines is 1. The van der Waals surface area contributed by atoms with Crippen LogP contribution in [0.15, 0.2) is 54.9 Å². The van der Waals surface area contributed by atoms with E-state index in [2.05, 4.69) is 15.4 Å². The zero-order chi connectivity index (χ0) is 20.5. The van der Waals surface area contributed by atoms with Gasteiger partial charge in [-0.05, 0) is 44.5 Å². The number of benzene rings is 1. The van der Waals surface area contributed by atoms with Crippen LogP contribution < -0.4 is 5.32 Å². The number of hydrogen-bond acceptors (Lipinski definition) is 4. The van der Waals surface area contributed by atoms with Crippen LogP contribution in [0, 0.1) is 6.92 Å². The summed E-state index contributed by atoms with van der Waals surface area (Å²) in [6, 6.07) is 13.2. The smallest absolute Gasteiger partial charge is 0.257 e. The normalized spacial score (nSPS) is 11.2. The molecule has 0 aliphatic heterocycles. The zero-order valence-electron chi connectivity index (χ0n) is 16.3. The van der Waals surface area contributed by atoms with Crippen molar-refractivity contribution in [2.45, 2.75) is 26.8 Å². The topological polar surface area (TPSA) is 72.7 Å². The molecule has 0 fully saturated rings. The van der Waals surface area contributed by atoms with Gasteiger partial charge in [-0.3, -0.25) is 4.79 Å². The van der Waals surface area contributed by atoms with Crippen molar-refractivity contribution in [1.29, 1.82) is 0 Å². The van der Waals surface area contributed by atoms with Gasteiger partial charge in [-0.2, -0.15) is 5.10 Å². The molecule has 146 valence electrons. The number of aryl methyl sites for hydroxylation is 1. The molecule has 0 atom stereocenters. The highest BCUT2D eigenvalue weighted by atomic mass is 35.5. The predicted molar refractivity (Wildman–Crippen MR) is 115 cm³/mol. The van der Waals surface area contributed by atoms with Gasteiger partial charge in [0.2, 0.25) is 0 Å². The second-order valence-electron chi connectivity index (χ2n) is 7.11. The van der Waals surface area contributed by atoms with Crippen LogP contribution in [0.4, 0.5) is 5.82 Å². The molecule has 1 amide bonds. The summed E-state index contributed by atoms with van der Waals surface area (Å²) in [7, 11) is 0. The molecule has 3 aromatic heterocycles. The quantitative estimate of drug-likeness (QED) is 0.500. The molecular weight excluding hydrogens is 386 g/mol. The van der Waals surface area contributed by atoms with E-state index in [9.17, 15) is 4.79 Å². The van der Waals surface area contributed by atoms with Gasteiger partial charge in [0.05, 0.1) is 27.9 Å². The van der Waals surface area contributed by atoms with E-state index in [1.54, 1.807) is 18.3 Å². The first kappa shape index (κ1) is 19.1. The number of halogens is 1. The number of fused-ring (bicyclic) bond motifs is 1. The molecule has 0 aliphatic carbocycles. The molecule has 0 aliphatic rings. The van der Waals surface area contributed by atoms with Crippen LogP contribution in [-0.4, -0.2) is 25.7 Å². The fourth-order valence-electron chi connectivity index (χ4n) is 3.22. The molecule has 0 unspecified atom stereocenters. The number of carbonyl (C=O) groups excluding carboxylic acids is 1. The Morgan fingerprint density at radius 1 is 1.14 bits per heavy atom. The van der Waals surface area contributed by atoms with Crippen molar-refractivity contribution in [2.75, 3.05) is 5.32 Å². The first-order valence-corrected chi connectivity index (χ1v) is 9.69. The van der Waals surface area contributed by atoms with E-state index < -0.39 is 0 Å². The van der Waals surface area contributed by atoms with Gasteiger partial charge >= 0.3 is 0 Å². The molecule has 0 saturated carbocycles. The van der Waals surface area contributed by atoms with Crippen molar-refractivity contribution in [2.24, 2.45) is 0 Å². The molecule has 3 heterocycles. The Hall–Kier alpha value is -3.25. The third kappa shape index (κ3) is 3.71. The number of hydrogen-bond donors (Lipinski definition) is 1. The molecule has 0 radical (unpaired) electrons. The molecule has 1 N–H and O–H groups in total. The maximum atomic E-state index is 13.1. The van der Waals surface area contributed by atoms with E-state index >= 15 is 0 Å². The number of aromatic nitrogens is 4. The summed E-state index contributed by atoms with van der Waals surface area (Å²) in [6.07, 6.45) is 3.18. The van der Waals surface area contributed by atoms with Gasteiger partial charge in [0.1, 0.15) is 5.82 Å². The third-order valence-corrected chi connectivity index (χ3v) is 4.91. The molecule has 4 aromatic rings. The van der Waals surface area contributed by atoms with Crippen LogP contribution in [0.2, 0.25) is 5.02 Å². The van der Waals surface area contributed by atoms with E-state index in [1.807, 2.05) is 55.8 Å². The van der Waals surface area contributed by atoms with Crippen LogP contribution in [-0.2, 0) is 0 Å². The van der Waals surface area contributed by atoms with Gasteiger partial charge in [-0.25, -0.2) is 14.6 Å². The zero-order valence-corrected chi connectivity index (χ0v) is 17.1. The van der Waals surface area contributed by atoms with Gasteiger partial charge in [0.15, 0.2) is 5.65 Å². The van der Waals surface area contributed by atoms with Crippen molar-refractivity contribution in [3.8, 4) is 11.3 Å². The lowest BCUT2D eigenvalue weighted by molar-refractivity contribution is 0.102. The molecule has 0 bridgehead atoms. The second-order valence-corrected chi connectivity index (χ2v) is 7.54. The largest absolute Gasteiger partial charge is 0.307 e. The molecular formula is C22H20ClN5O. The molecule has 7 heteroatoms. The van der Waals surface area contributed by atoms with E-state index in [0.717, 1.165) is 16.8 Å². The monoisotopic (exact) mass is 405 g/mol. The minimum absolute atomic E-state index is 0.112. The number of carbonyl (C=O) groups is 1. The van der Waals surface area contributed by atoms with Crippen LogP contribution in [0.25, 0.3) is 22.3 Å². The van der Waals surface area contributed by atoms with Gasteiger partial charge < -0.3 is 5.32 Å². The molecule has 4 rings (SSSR count). The Kier molecular flexibility index (Phi) is 5.03. The van der Waals surface area contributed by atoms with Crippen molar-refractivity contribution in [3.05, 3.63) is 71.0 Å². The lowest BCUT2D eigenvalue weighted by Crippen LogP contribution is -2.14. The number of nitrogens with zero attached hydrogens (tertiary/aromatic N) is 4. The number of amides is 1. The number of pyridine rings is 2. The summed E-state index contributed by atoms with van der Waals surface area (Å²) in [5.74, 6) is 0.156. The van der Waals surface area contributed by atoms with Gasteiger partial charge in [0.25, 0.3) is 5.91 Å². The SMILES string of the molecule is Cc1ccccc1-c1cc(C(=O)Nc2ccc(Cl)cn2)c2cnn(C(C)C)c2n1. The average Bonchev–Trinajstić information content (AvgIpc) is 3.13.